The fraction of sp³-hybridized carbons (Fsp3) is 0.238. The fourth-order valence-corrected chi connectivity index (χ4v) is 3.19. The molecule has 5 heteroatoms. The van der Waals surface area contributed by atoms with Gasteiger partial charge in [-0.3, -0.25) is 4.79 Å². The zero-order chi connectivity index (χ0) is 18.8. The molecule has 0 radical (unpaired) electrons. The quantitative estimate of drug-likeness (QED) is 0.510. The van der Waals surface area contributed by atoms with E-state index in [9.17, 15) is 9.59 Å². The van der Waals surface area contributed by atoms with Gasteiger partial charge in [0.2, 0.25) is 0 Å². The molecule has 0 unspecified atom stereocenters. The normalized spacial score (nSPS) is 10.8. The number of hydrogen-bond acceptors (Lipinski definition) is 4. The number of ether oxygens (including phenoxy) is 2. The Labute approximate surface area is 152 Å². The summed E-state index contributed by atoms with van der Waals surface area (Å²) in [7, 11) is 1.58. The van der Waals surface area contributed by atoms with Crippen molar-refractivity contribution in [1.29, 1.82) is 0 Å². The first-order valence-electron chi connectivity index (χ1n) is 8.44. The van der Waals surface area contributed by atoms with E-state index in [1.807, 2.05) is 38.1 Å². The highest BCUT2D eigenvalue weighted by Crippen LogP contribution is 2.39. The van der Waals surface area contributed by atoms with Crippen LogP contribution < -0.4 is 4.74 Å². The van der Waals surface area contributed by atoms with Crippen LogP contribution >= 0.6 is 0 Å². The number of aromatic nitrogens is 1. The van der Waals surface area contributed by atoms with E-state index in [4.69, 9.17) is 9.47 Å². The van der Waals surface area contributed by atoms with Gasteiger partial charge >= 0.3 is 5.97 Å². The average molecular weight is 351 g/mol. The molecule has 3 aromatic rings. The summed E-state index contributed by atoms with van der Waals surface area (Å²) in [5.74, 6) is 0.150. The summed E-state index contributed by atoms with van der Waals surface area (Å²) in [6.07, 6.45) is 2.53. The number of nitrogens with zero attached hydrogens (tertiary/aromatic N) is 1. The molecular formula is C21H21NO4. The number of aldehydes is 1. The van der Waals surface area contributed by atoms with Gasteiger partial charge in [0.25, 0.3) is 0 Å². The standard InChI is InChI=1S/C21H21NO4/c1-5-26-21(24)20-16-8-6-7-9-22(16)17(12-23)19(20)15-10-13(2)14(3)11-18(15)25-4/h6-12H,5H2,1-4H3. The Morgan fingerprint density at radius 3 is 2.58 bits per heavy atom. The fourth-order valence-electron chi connectivity index (χ4n) is 3.19. The van der Waals surface area contributed by atoms with E-state index >= 15 is 0 Å². The molecule has 0 spiro atoms. The number of hydrogen-bond donors (Lipinski definition) is 0. The summed E-state index contributed by atoms with van der Waals surface area (Å²) in [5, 5.41) is 0. The summed E-state index contributed by atoms with van der Waals surface area (Å²) < 4.78 is 12.5. The minimum absolute atomic E-state index is 0.253. The third-order valence-corrected chi connectivity index (χ3v) is 4.56. The zero-order valence-electron chi connectivity index (χ0n) is 15.3. The van der Waals surface area contributed by atoms with E-state index in [-0.39, 0.29) is 6.61 Å². The predicted octanol–water partition coefficient (Wildman–Crippen LogP) is 4.22. The molecular weight excluding hydrogens is 330 g/mol. The molecule has 1 aromatic carbocycles. The van der Waals surface area contributed by atoms with E-state index in [2.05, 4.69) is 0 Å². The van der Waals surface area contributed by atoms with E-state index in [0.29, 0.717) is 33.7 Å². The summed E-state index contributed by atoms with van der Waals surface area (Å²) >= 11 is 0. The van der Waals surface area contributed by atoms with E-state index < -0.39 is 5.97 Å². The number of methoxy groups -OCH3 is 1. The van der Waals surface area contributed by atoms with Crippen LogP contribution in [0.1, 0.15) is 38.9 Å². The van der Waals surface area contributed by atoms with E-state index in [1.165, 1.54) is 0 Å². The number of fused-ring (bicyclic) bond motifs is 1. The first-order valence-corrected chi connectivity index (χ1v) is 8.44. The first-order chi connectivity index (χ1) is 12.5. The largest absolute Gasteiger partial charge is 0.496 e. The molecule has 0 aliphatic carbocycles. The number of aryl methyl sites for hydroxylation is 2. The van der Waals surface area contributed by atoms with Crippen molar-refractivity contribution in [1.82, 2.24) is 4.40 Å². The van der Waals surface area contributed by atoms with Gasteiger partial charge in [0.05, 0.1) is 30.5 Å². The molecule has 0 bridgehead atoms. The van der Waals surface area contributed by atoms with Crippen LogP contribution in [0.4, 0.5) is 0 Å². The Kier molecular flexibility index (Phi) is 4.80. The van der Waals surface area contributed by atoms with Crippen molar-refractivity contribution in [2.24, 2.45) is 0 Å². The highest BCUT2D eigenvalue weighted by Gasteiger charge is 2.27. The van der Waals surface area contributed by atoms with Crippen LogP contribution in [0.25, 0.3) is 16.6 Å². The number of benzene rings is 1. The van der Waals surface area contributed by atoms with Gasteiger partial charge in [-0.2, -0.15) is 0 Å². The molecule has 0 amide bonds. The van der Waals surface area contributed by atoms with Gasteiger partial charge in [-0.1, -0.05) is 6.07 Å². The lowest BCUT2D eigenvalue weighted by atomic mass is 9.96. The minimum atomic E-state index is -0.459. The van der Waals surface area contributed by atoms with Crippen molar-refractivity contribution in [3.8, 4) is 16.9 Å². The third-order valence-electron chi connectivity index (χ3n) is 4.56. The van der Waals surface area contributed by atoms with Crippen LogP contribution in [0, 0.1) is 13.8 Å². The Morgan fingerprint density at radius 1 is 1.19 bits per heavy atom. The van der Waals surface area contributed by atoms with Crippen LogP contribution in [0.3, 0.4) is 0 Å². The van der Waals surface area contributed by atoms with Gasteiger partial charge in [-0.05, 0) is 56.2 Å². The molecule has 0 atom stereocenters. The zero-order valence-corrected chi connectivity index (χ0v) is 15.3. The average Bonchev–Trinajstić information content (AvgIpc) is 2.97. The molecule has 0 saturated heterocycles. The lowest BCUT2D eigenvalue weighted by molar-refractivity contribution is 0.0529. The van der Waals surface area contributed by atoms with Crippen molar-refractivity contribution in [2.45, 2.75) is 20.8 Å². The van der Waals surface area contributed by atoms with Gasteiger partial charge in [-0.15, -0.1) is 0 Å². The van der Waals surface area contributed by atoms with Gasteiger partial charge in [0, 0.05) is 17.3 Å². The maximum Gasteiger partial charge on any atom is 0.340 e. The second kappa shape index (κ2) is 7.04. The number of esters is 1. The van der Waals surface area contributed by atoms with Gasteiger partial charge in [0.15, 0.2) is 6.29 Å². The van der Waals surface area contributed by atoms with Crippen LogP contribution in [0.5, 0.6) is 5.75 Å². The van der Waals surface area contributed by atoms with Crippen LogP contribution in [-0.4, -0.2) is 30.4 Å². The highest BCUT2D eigenvalue weighted by atomic mass is 16.5. The smallest absolute Gasteiger partial charge is 0.340 e. The number of carbonyl (C=O) groups is 2. The van der Waals surface area contributed by atoms with Gasteiger partial charge in [0.1, 0.15) is 5.75 Å². The molecule has 0 N–H and O–H groups in total. The van der Waals surface area contributed by atoms with Crippen LogP contribution in [0.15, 0.2) is 36.5 Å². The van der Waals surface area contributed by atoms with Crippen molar-refractivity contribution in [3.63, 3.8) is 0 Å². The Morgan fingerprint density at radius 2 is 1.92 bits per heavy atom. The van der Waals surface area contributed by atoms with Crippen molar-refractivity contribution in [3.05, 3.63) is 58.9 Å². The molecule has 0 fully saturated rings. The molecule has 3 rings (SSSR count). The second-order valence-corrected chi connectivity index (χ2v) is 6.07. The minimum Gasteiger partial charge on any atom is -0.496 e. The molecule has 0 saturated carbocycles. The Balaban J connectivity index is 2.46. The maximum atomic E-state index is 12.7. The van der Waals surface area contributed by atoms with Crippen LogP contribution in [0.2, 0.25) is 0 Å². The monoisotopic (exact) mass is 351 g/mol. The van der Waals surface area contributed by atoms with Crippen molar-refractivity contribution in [2.75, 3.05) is 13.7 Å². The van der Waals surface area contributed by atoms with Crippen LogP contribution in [-0.2, 0) is 4.74 Å². The molecule has 2 heterocycles. The van der Waals surface area contributed by atoms with E-state index in [0.717, 1.165) is 17.4 Å². The summed E-state index contributed by atoms with van der Waals surface area (Å²) in [6.45, 7) is 5.99. The third kappa shape index (κ3) is 2.75. The molecule has 5 nitrogen and oxygen atoms in total. The van der Waals surface area contributed by atoms with Crippen molar-refractivity contribution >= 4 is 17.8 Å². The van der Waals surface area contributed by atoms with Gasteiger partial charge in [-0.25, -0.2) is 4.79 Å². The number of rotatable bonds is 5. The lowest BCUT2D eigenvalue weighted by Gasteiger charge is -2.13. The Hall–Kier alpha value is -3.08. The first kappa shape index (κ1) is 17.7. The maximum absolute atomic E-state index is 12.7. The summed E-state index contributed by atoms with van der Waals surface area (Å²) in [5.41, 5.74) is 4.74. The van der Waals surface area contributed by atoms with Gasteiger partial charge < -0.3 is 13.9 Å². The van der Waals surface area contributed by atoms with E-state index in [1.54, 1.807) is 30.7 Å². The second-order valence-electron chi connectivity index (χ2n) is 6.07. The Bertz CT molecular complexity index is 1000. The topological polar surface area (TPSA) is 57.0 Å². The number of carbonyl (C=O) groups excluding carboxylic acids is 2. The molecule has 2 aromatic heterocycles. The summed E-state index contributed by atoms with van der Waals surface area (Å²) in [4.78, 5) is 24.7. The molecule has 0 aliphatic rings. The summed E-state index contributed by atoms with van der Waals surface area (Å²) in [6, 6.07) is 9.30. The molecule has 26 heavy (non-hydrogen) atoms. The molecule has 134 valence electrons. The highest BCUT2D eigenvalue weighted by molar-refractivity contribution is 6.10. The lowest BCUT2D eigenvalue weighted by Crippen LogP contribution is -2.06. The molecule has 0 aliphatic heterocycles. The van der Waals surface area contributed by atoms with Crippen molar-refractivity contribution < 1.29 is 19.1 Å². The number of pyridine rings is 1. The SMILES string of the molecule is CCOC(=O)c1c(-c2cc(C)c(C)cc2OC)c(C=O)n2ccccc12. The predicted molar refractivity (Wildman–Crippen MR) is 100 cm³/mol.